The van der Waals surface area contributed by atoms with Crippen LogP contribution < -0.4 is 5.32 Å². The number of rotatable bonds is 6. The van der Waals surface area contributed by atoms with Crippen LogP contribution in [0.1, 0.15) is 42.6 Å². The van der Waals surface area contributed by atoms with Crippen LogP contribution in [0.25, 0.3) is 0 Å². The molecule has 1 saturated heterocycles. The first-order chi connectivity index (χ1) is 12.6. The van der Waals surface area contributed by atoms with Crippen molar-refractivity contribution in [2.75, 3.05) is 19.8 Å². The van der Waals surface area contributed by atoms with Gasteiger partial charge in [0, 0.05) is 35.3 Å². The molecule has 2 aromatic rings. The Bertz CT molecular complexity index is 724. The number of hydrogen-bond acceptors (Lipinski definition) is 3. The molecule has 0 unspecified atom stereocenters. The van der Waals surface area contributed by atoms with E-state index in [9.17, 15) is 4.79 Å². The van der Waals surface area contributed by atoms with Gasteiger partial charge >= 0.3 is 0 Å². The molecule has 0 saturated carbocycles. The molecule has 2 aromatic carbocycles. The van der Waals surface area contributed by atoms with Crippen molar-refractivity contribution < 1.29 is 9.53 Å². The second-order valence-corrected chi connectivity index (χ2v) is 8.72. The molecule has 0 bridgehead atoms. The van der Waals surface area contributed by atoms with E-state index >= 15 is 0 Å². The molecule has 1 aliphatic rings. The van der Waals surface area contributed by atoms with Crippen LogP contribution in [-0.2, 0) is 10.2 Å². The first-order valence-electron chi connectivity index (χ1n) is 9.28. The average Bonchev–Trinajstić information content (AvgIpc) is 2.67. The molecule has 0 spiro atoms. The maximum absolute atomic E-state index is 12.9. The Morgan fingerprint density at radius 3 is 2.42 bits per heavy atom. The number of hydrogen-bond donors (Lipinski definition) is 1. The third-order valence-corrected chi connectivity index (χ3v) is 6.00. The quantitative estimate of drug-likeness (QED) is 0.752. The Hall–Kier alpha value is -1.78. The van der Waals surface area contributed by atoms with Gasteiger partial charge < -0.3 is 10.1 Å². The number of nitrogens with one attached hydrogen (secondary N) is 1. The first-order valence-corrected chi connectivity index (χ1v) is 10.2. The van der Waals surface area contributed by atoms with Crippen LogP contribution in [0.15, 0.2) is 59.5 Å². The van der Waals surface area contributed by atoms with Crippen LogP contribution in [0.3, 0.4) is 0 Å². The summed E-state index contributed by atoms with van der Waals surface area (Å²) in [7, 11) is 0. The van der Waals surface area contributed by atoms with Crippen molar-refractivity contribution in [3.05, 3.63) is 65.7 Å². The average molecular weight is 370 g/mol. The molecular formula is C22H27NO2S. The van der Waals surface area contributed by atoms with Gasteiger partial charge in [0.2, 0.25) is 0 Å². The van der Waals surface area contributed by atoms with Gasteiger partial charge in [-0.1, -0.05) is 56.3 Å². The minimum Gasteiger partial charge on any atom is -0.381 e. The molecule has 0 aliphatic carbocycles. The van der Waals surface area contributed by atoms with Gasteiger partial charge in [-0.15, -0.1) is 11.8 Å². The Morgan fingerprint density at radius 2 is 1.73 bits per heavy atom. The highest BCUT2D eigenvalue weighted by molar-refractivity contribution is 8.00. The van der Waals surface area contributed by atoms with Crippen LogP contribution in [0.4, 0.5) is 0 Å². The predicted molar refractivity (Wildman–Crippen MR) is 108 cm³/mol. The lowest BCUT2D eigenvalue weighted by Crippen LogP contribution is -2.44. The Morgan fingerprint density at radius 1 is 1.08 bits per heavy atom. The summed E-state index contributed by atoms with van der Waals surface area (Å²) in [5.41, 5.74) is 2.00. The largest absolute Gasteiger partial charge is 0.381 e. The Labute approximate surface area is 160 Å². The van der Waals surface area contributed by atoms with Gasteiger partial charge in [-0.3, -0.25) is 4.79 Å². The molecule has 1 heterocycles. The molecule has 3 nitrogen and oxygen atoms in total. The van der Waals surface area contributed by atoms with Crippen LogP contribution in [0.2, 0.25) is 0 Å². The zero-order valence-corrected chi connectivity index (χ0v) is 16.4. The van der Waals surface area contributed by atoms with Gasteiger partial charge in [0.05, 0.1) is 5.56 Å². The van der Waals surface area contributed by atoms with Crippen molar-refractivity contribution in [2.45, 2.75) is 42.2 Å². The van der Waals surface area contributed by atoms with Gasteiger partial charge in [-0.25, -0.2) is 0 Å². The number of carbonyl (C=O) groups is 1. The highest BCUT2D eigenvalue weighted by atomic mass is 32.2. The fourth-order valence-electron chi connectivity index (χ4n) is 3.48. The maximum atomic E-state index is 12.9. The second kappa shape index (κ2) is 8.74. The first kappa shape index (κ1) is 19.0. The topological polar surface area (TPSA) is 38.3 Å². The minimum atomic E-state index is -0.0463. The standard InChI is InChI=1S/C22H27NO2S/c1-17(2)26-20-11-7-6-10-19(20)21(24)23-16-22(12-14-25-15-13-22)18-8-4-3-5-9-18/h3-11,17H,12-16H2,1-2H3,(H,23,24). The van der Waals surface area contributed by atoms with E-state index in [2.05, 4.69) is 43.4 Å². The van der Waals surface area contributed by atoms with Gasteiger partial charge in [-0.05, 0) is 30.5 Å². The number of carbonyl (C=O) groups excluding carboxylic acids is 1. The molecule has 0 radical (unpaired) electrons. The molecule has 138 valence electrons. The van der Waals surface area contributed by atoms with Crippen molar-refractivity contribution in [1.82, 2.24) is 5.32 Å². The van der Waals surface area contributed by atoms with Gasteiger partial charge in [0.25, 0.3) is 5.91 Å². The second-order valence-electron chi connectivity index (χ2n) is 7.10. The molecule has 4 heteroatoms. The number of benzene rings is 2. The van der Waals surface area contributed by atoms with Crippen LogP contribution in [-0.4, -0.2) is 30.9 Å². The van der Waals surface area contributed by atoms with Crippen molar-refractivity contribution in [3.8, 4) is 0 Å². The fraction of sp³-hybridized carbons (Fsp3) is 0.409. The lowest BCUT2D eigenvalue weighted by atomic mass is 9.74. The molecule has 1 fully saturated rings. The van der Waals surface area contributed by atoms with E-state index in [1.54, 1.807) is 11.8 Å². The molecule has 3 rings (SSSR count). The smallest absolute Gasteiger partial charge is 0.252 e. The summed E-state index contributed by atoms with van der Waals surface area (Å²) < 4.78 is 5.58. The van der Waals surface area contributed by atoms with Crippen molar-refractivity contribution in [1.29, 1.82) is 0 Å². The molecule has 1 N–H and O–H groups in total. The lowest BCUT2D eigenvalue weighted by molar-refractivity contribution is 0.0487. The summed E-state index contributed by atoms with van der Waals surface area (Å²) >= 11 is 1.73. The molecule has 1 amide bonds. The molecule has 26 heavy (non-hydrogen) atoms. The number of ether oxygens (including phenoxy) is 1. The monoisotopic (exact) mass is 369 g/mol. The van der Waals surface area contributed by atoms with E-state index in [-0.39, 0.29) is 11.3 Å². The molecule has 0 atom stereocenters. The van der Waals surface area contributed by atoms with E-state index in [1.807, 2.05) is 30.3 Å². The van der Waals surface area contributed by atoms with E-state index in [4.69, 9.17) is 4.74 Å². The molecule has 1 aliphatic heterocycles. The summed E-state index contributed by atoms with van der Waals surface area (Å²) in [5, 5.41) is 3.65. The van der Waals surface area contributed by atoms with E-state index in [1.165, 1.54) is 5.56 Å². The summed E-state index contributed by atoms with van der Waals surface area (Å²) in [6.45, 7) is 6.41. The van der Waals surface area contributed by atoms with Crippen molar-refractivity contribution in [2.24, 2.45) is 0 Å². The normalized spacial score (nSPS) is 16.4. The molecule has 0 aromatic heterocycles. The fourth-order valence-corrected chi connectivity index (χ4v) is 4.43. The summed E-state index contributed by atoms with van der Waals surface area (Å²) in [6.07, 6.45) is 1.86. The van der Waals surface area contributed by atoms with E-state index < -0.39 is 0 Å². The Kier molecular flexibility index (Phi) is 6.38. The van der Waals surface area contributed by atoms with Gasteiger partial charge in [0.15, 0.2) is 0 Å². The third kappa shape index (κ3) is 4.49. The summed E-state index contributed by atoms with van der Waals surface area (Å²) in [4.78, 5) is 13.9. The van der Waals surface area contributed by atoms with Crippen molar-refractivity contribution >= 4 is 17.7 Å². The highest BCUT2D eigenvalue weighted by Gasteiger charge is 2.34. The van der Waals surface area contributed by atoms with E-state index in [0.29, 0.717) is 11.8 Å². The SMILES string of the molecule is CC(C)Sc1ccccc1C(=O)NCC1(c2ccccc2)CCOCC1. The van der Waals surface area contributed by atoms with Gasteiger partial charge in [0.1, 0.15) is 0 Å². The lowest BCUT2D eigenvalue weighted by Gasteiger charge is -2.38. The number of amides is 1. The minimum absolute atomic E-state index is 0.00977. The predicted octanol–water partition coefficient (Wildman–Crippen LogP) is 4.67. The maximum Gasteiger partial charge on any atom is 0.252 e. The van der Waals surface area contributed by atoms with E-state index in [0.717, 1.165) is 36.5 Å². The zero-order chi connectivity index (χ0) is 18.4. The summed E-state index contributed by atoms with van der Waals surface area (Å²) in [5.74, 6) is 0.00977. The third-order valence-electron chi connectivity index (χ3n) is 4.92. The molecular weight excluding hydrogens is 342 g/mol. The van der Waals surface area contributed by atoms with Crippen LogP contribution in [0.5, 0.6) is 0 Å². The van der Waals surface area contributed by atoms with Gasteiger partial charge in [-0.2, -0.15) is 0 Å². The zero-order valence-electron chi connectivity index (χ0n) is 15.5. The number of thioether (sulfide) groups is 1. The van der Waals surface area contributed by atoms with Crippen molar-refractivity contribution in [3.63, 3.8) is 0 Å². The van der Waals surface area contributed by atoms with Crippen LogP contribution in [0, 0.1) is 0 Å². The Balaban J connectivity index is 1.77. The highest BCUT2D eigenvalue weighted by Crippen LogP contribution is 2.34. The summed E-state index contributed by atoms with van der Waals surface area (Å²) in [6, 6.07) is 18.4. The van der Waals surface area contributed by atoms with Crippen LogP contribution >= 0.6 is 11.8 Å².